The normalized spacial score (nSPS) is 14.7. The highest BCUT2D eigenvalue weighted by Gasteiger charge is 2.19. The zero-order chi connectivity index (χ0) is 13.9. The van der Waals surface area contributed by atoms with Crippen molar-refractivity contribution in [3.05, 3.63) is 53.6 Å². The van der Waals surface area contributed by atoms with Crippen molar-refractivity contribution in [1.29, 1.82) is 0 Å². The molecule has 0 amide bonds. The molecule has 1 atom stereocenters. The quantitative estimate of drug-likeness (QED) is 0.870. The van der Waals surface area contributed by atoms with Gasteiger partial charge in [-0.2, -0.15) is 0 Å². The number of aliphatic imine (C=N–C) groups is 1. The molecular formula is C16H15NO3. The van der Waals surface area contributed by atoms with Crippen LogP contribution in [0.15, 0.2) is 47.5 Å². The lowest BCUT2D eigenvalue weighted by molar-refractivity contribution is 0.171. The minimum absolute atomic E-state index is 0.0287. The van der Waals surface area contributed by atoms with Crippen LogP contribution in [0.4, 0.5) is 0 Å². The molecule has 1 N–H and O–H groups in total. The second-order valence-electron chi connectivity index (χ2n) is 4.60. The Morgan fingerprint density at radius 1 is 1.15 bits per heavy atom. The standard InChI is InChI=1S/C16H15NO3/c1-11(12-5-3-2-4-6-12)17-9-13-7-8-14-16(15(13)18)20-10-19-14/h2-9,11,18H,10H2,1H3/t11-/m1/s1. The highest BCUT2D eigenvalue weighted by molar-refractivity contribution is 5.86. The van der Waals surface area contributed by atoms with Crippen LogP contribution in [0.5, 0.6) is 17.2 Å². The molecule has 0 radical (unpaired) electrons. The summed E-state index contributed by atoms with van der Waals surface area (Å²) in [7, 11) is 0. The Kier molecular flexibility index (Phi) is 3.29. The smallest absolute Gasteiger partial charge is 0.231 e. The second kappa shape index (κ2) is 5.25. The number of ether oxygens (including phenoxy) is 2. The topological polar surface area (TPSA) is 51.1 Å². The number of aromatic hydroxyl groups is 1. The van der Waals surface area contributed by atoms with Gasteiger partial charge in [0, 0.05) is 11.8 Å². The highest BCUT2D eigenvalue weighted by Crippen LogP contribution is 2.41. The van der Waals surface area contributed by atoms with E-state index < -0.39 is 0 Å². The van der Waals surface area contributed by atoms with Crippen LogP contribution in [0.2, 0.25) is 0 Å². The first-order valence-electron chi connectivity index (χ1n) is 6.45. The minimum Gasteiger partial charge on any atom is -0.504 e. The minimum atomic E-state index is 0.0287. The fraction of sp³-hybridized carbons (Fsp3) is 0.188. The Hall–Kier alpha value is -2.49. The van der Waals surface area contributed by atoms with E-state index in [-0.39, 0.29) is 18.6 Å². The molecule has 0 unspecified atom stereocenters. The lowest BCUT2D eigenvalue weighted by Gasteiger charge is -2.07. The molecule has 4 nitrogen and oxygen atoms in total. The van der Waals surface area contributed by atoms with E-state index in [9.17, 15) is 5.11 Å². The Balaban J connectivity index is 1.83. The first-order valence-corrected chi connectivity index (χ1v) is 6.45. The van der Waals surface area contributed by atoms with Crippen LogP contribution >= 0.6 is 0 Å². The number of hydrogen-bond donors (Lipinski definition) is 1. The first-order chi connectivity index (χ1) is 9.75. The number of phenolic OH excluding ortho intramolecular Hbond substituents is 1. The lowest BCUT2D eigenvalue weighted by Crippen LogP contribution is -1.93. The van der Waals surface area contributed by atoms with E-state index in [4.69, 9.17) is 9.47 Å². The molecule has 4 heteroatoms. The van der Waals surface area contributed by atoms with Crippen LogP contribution in [0.1, 0.15) is 24.1 Å². The van der Waals surface area contributed by atoms with Gasteiger partial charge in [0.1, 0.15) is 0 Å². The van der Waals surface area contributed by atoms with Gasteiger partial charge in [0.15, 0.2) is 11.5 Å². The van der Waals surface area contributed by atoms with Crippen molar-refractivity contribution in [3.63, 3.8) is 0 Å². The van der Waals surface area contributed by atoms with Gasteiger partial charge in [-0.25, -0.2) is 0 Å². The summed E-state index contributed by atoms with van der Waals surface area (Å²) < 4.78 is 10.4. The SMILES string of the molecule is C[C@@H](N=Cc1ccc2c(c1O)OCO2)c1ccccc1. The summed E-state index contributed by atoms with van der Waals surface area (Å²) in [4.78, 5) is 4.47. The molecule has 0 aromatic heterocycles. The average Bonchev–Trinajstić information content (AvgIpc) is 2.96. The molecule has 3 rings (SSSR count). The van der Waals surface area contributed by atoms with E-state index >= 15 is 0 Å². The predicted molar refractivity (Wildman–Crippen MR) is 76.7 cm³/mol. The fourth-order valence-electron chi connectivity index (χ4n) is 2.09. The summed E-state index contributed by atoms with van der Waals surface area (Å²) >= 11 is 0. The highest BCUT2D eigenvalue weighted by atomic mass is 16.7. The van der Waals surface area contributed by atoms with Gasteiger partial charge in [0.05, 0.1) is 6.04 Å². The van der Waals surface area contributed by atoms with Gasteiger partial charge in [-0.3, -0.25) is 4.99 Å². The number of hydrogen-bond acceptors (Lipinski definition) is 4. The van der Waals surface area contributed by atoms with Crippen LogP contribution in [0.3, 0.4) is 0 Å². The van der Waals surface area contributed by atoms with Crippen molar-refractivity contribution in [2.45, 2.75) is 13.0 Å². The van der Waals surface area contributed by atoms with Gasteiger partial charge in [-0.1, -0.05) is 30.3 Å². The molecule has 0 spiro atoms. The summed E-state index contributed by atoms with van der Waals surface area (Å²) in [5.74, 6) is 1.03. The van der Waals surface area contributed by atoms with Crippen LogP contribution in [-0.4, -0.2) is 18.1 Å². The number of phenols is 1. The zero-order valence-electron chi connectivity index (χ0n) is 11.1. The van der Waals surface area contributed by atoms with Crippen LogP contribution in [0.25, 0.3) is 0 Å². The van der Waals surface area contributed by atoms with E-state index in [0.717, 1.165) is 5.56 Å². The van der Waals surface area contributed by atoms with Crippen molar-refractivity contribution >= 4 is 6.21 Å². The molecule has 0 saturated carbocycles. The Labute approximate surface area is 117 Å². The largest absolute Gasteiger partial charge is 0.504 e. The van der Waals surface area contributed by atoms with E-state index in [2.05, 4.69) is 4.99 Å². The van der Waals surface area contributed by atoms with Crippen molar-refractivity contribution in [2.75, 3.05) is 6.79 Å². The number of benzene rings is 2. The van der Waals surface area contributed by atoms with Gasteiger partial charge < -0.3 is 14.6 Å². The molecule has 0 aliphatic carbocycles. The van der Waals surface area contributed by atoms with Crippen LogP contribution < -0.4 is 9.47 Å². The van der Waals surface area contributed by atoms with Crippen molar-refractivity contribution in [2.24, 2.45) is 4.99 Å². The maximum Gasteiger partial charge on any atom is 0.231 e. The van der Waals surface area contributed by atoms with Crippen molar-refractivity contribution in [1.82, 2.24) is 0 Å². The second-order valence-corrected chi connectivity index (χ2v) is 4.60. The van der Waals surface area contributed by atoms with E-state index in [1.54, 1.807) is 18.3 Å². The Morgan fingerprint density at radius 2 is 1.95 bits per heavy atom. The molecule has 1 aliphatic heterocycles. The molecule has 20 heavy (non-hydrogen) atoms. The number of nitrogens with zero attached hydrogens (tertiary/aromatic N) is 1. The average molecular weight is 269 g/mol. The van der Waals surface area contributed by atoms with Gasteiger partial charge in [-0.15, -0.1) is 0 Å². The first kappa shape index (κ1) is 12.5. The summed E-state index contributed by atoms with van der Waals surface area (Å²) in [6.45, 7) is 2.15. The third-order valence-corrected chi connectivity index (χ3v) is 3.26. The third-order valence-electron chi connectivity index (χ3n) is 3.26. The Bertz CT molecular complexity index is 638. The van der Waals surface area contributed by atoms with Gasteiger partial charge in [0.2, 0.25) is 12.5 Å². The lowest BCUT2D eigenvalue weighted by atomic mass is 10.1. The number of rotatable bonds is 3. The Morgan fingerprint density at radius 3 is 2.75 bits per heavy atom. The van der Waals surface area contributed by atoms with E-state index in [1.165, 1.54) is 0 Å². The molecule has 102 valence electrons. The van der Waals surface area contributed by atoms with Gasteiger partial charge in [-0.05, 0) is 24.6 Å². The van der Waals surface area contributed by atoms with Gasteiger partial charge in [0.25, 0.3) is 0 Å². The molecule has 2 aromatic rings. The molecular weight excluding hydrogens is 254 g/mol. The predicted octanol–water partition coefficient (Wildman–Crippen LogP) is 3.30. The summed E-state index contributed by atoms with van der Waals surface area (Å²) in [5, 5.41) is 10.1. The van der Waals surface area contributed by atoms with Gasteiger partial charge >= 0.3 is 0 Å². The maximum atomic E-state index is 10.1. The fourth-order valence-corrected chi connectivity index (χ4v) is 2.09. The zero-order valence-corrected chi connectivity index (χ0v) is 11.1. The molecule has 1 aliphatic rings. The summed E-state index contributed by atoms with van der Waals surface area (Å²) in [6.07, 6.45) is 1.66. The summed E-state index contributed by atoms with van der Waals surface area (Å²) in [6, 6.07) is 13.6. The van der Waals surface area contributed by atoms with Crippen molar-refractivity contribution in [3.8, 4) is 17.2 Å². The molecule has 2 aromatic carbocycles. The van der Waals surface area contributed by atoms with Crippen LogP contribution in [-0.2, 0) is 0 Å². The van der Waals surface area contributed by atoms with Crippen LogP contribution in [0, 0.1) is 0 Å². The molecule has 0 fully saturated rings. The van der Waals surface area contributed by atoms with E-state index in [0.29, 0.717) is 17.1 Å². The van der Waals surface area contributed by atoms with Crippen molar-refractivity contribution < 1.29 is 14.6 Å². The molecule has 1 heterocycles. The molecule has 0 bridgehead atoms. The summed E-state index contributed by atoms with van der Waals surface area (Å²) in [5.41, 5.74) is 1.75. The molecule has 0 saturated heterocycles. The van der Waals surface area contributed by atoms with E-state index in [1.807, 2.05) is 37.3 Å². The maximum absolute atomic E-state index is 10.1. The number of fused-ring (bicyclic) bond motifs is 1. The monoisotopic (exact) mass is 269 g/mol. The third kappa shape index (κ3) is 2.32.